The molecule has 0 spiro atoms. The van der Waals surface area contributed by atoms with Crippen LogP contribution in [-0.4, -0.2) is 29.8 Å². The molecule has 0 aliphatic carbocycles. The molecule has 0 aromatic heterocycles. The van der Waals surface area contributed by atoms with Crippen LogP contribution in [0.4, 0.5) is 5.69 Å². The van der Waals surface area contributed by atoms with E-state index in [4.69, 9.17) is 5.26 Å². The minimum absolute atomic E-state index is 0.133. The normalized spacial score (nSPS) is 13.9. The average Bonchev–Trinajstić information content (AvgIpc) is 2.92. The first kappa shape index (κ1) is 13.1. The van der Waals surface area contributed by atoms with Gasteiger partial charge in [0.2, 0.25) is 11.8 Å². The summed E-state index contributed by atoms with van der Waals surface area (Å²) in [6, 6.07) is 8.62. The van der Waals surface area contributed by atoms with Gasteiger partial charge in [-0.15, -0.1) is 0 Å². The van der Waals surface area contributed by atoms with Crippen molar-refractivity contribution in [2.75, 3.05) is 18.4 Å². The van der Waals surface area contributed by atoms with Crippen LogP contribution in [0.2, 0.25) is 0 Å². The maximum atomic E-state index is 11.8. The molecular formula is C14H15N3O2. The Balaban J connectivity index is 1.90. The maximum Gasteiger partial charge on any atom is 0.233 e. The zero-order valence-electron chi connectivity index (χ0n) is 10.6. The standard InChI is InChI=1S/C14H15N3O2/c15-10-11-4-3-5-12(8-11)16-13(18)9-14(19)17-6-1-2-7-17/h3-5,8H,1-2,6-7,9H2,(H,16,18). The Morgan fingerprint density at radius 3 is 2.74 bits per heavy atom. The molecule has 0 atom stereocenters. The van der Waals surface area contributed by atoms with Crippen LogP contribution in [0.1, 0.15) is 24.8 Å². The number of likely N-dealkylation sites (tertiary alicyclic amines) is 1. The van der Waals surface area contributed by atoms with E-state index < -0.39 is 0 Å². The summed E-state index contributed by atoms with van der Waals surface area (Å²) >= 11 is 0. The molecule has 1 aliphatic heterocycles. The van der Waals surface area contributed by atoms with Gasteiger partial charge in [-0.05, 0) is 31.0 Å². The number of nitriles is 1. The van der Waals surface area contributed by atoms with E-state index in [0.717, 1.165) is 25.9 Å². The number of nitrogens with one attached hydrogen (secondary N) is 1. The first-order valence-electron chi connectivity index (χ1n) is 6.27. The van der Waals surface area contributed by atoms with E-state index in [1.807, 2.05) is 6.07 Å². The number of hydrogen-bond acceptors (Lipinski definition) is 3. The molecule has 0 bridgehead atoms. The highest BCUT2D eigenvalue weighted by Crippen LogP contribution is 2.12. The summed E-state index contributed by atoms with van der Waals surface area (Å²) in [6.45, 7) is 1.49. The lowest BCUT2D eigenvalue weighted by Crippen LogP contribution is -2.31. The molecule has 1 heterocycles. The van der Waals surface area contributed by atoms with Crippen molar-refractivity contribution < 1.29 is 9.59 Å². The van der Waals surface area contributed by atoms with Gasteiger partial charge in [0, 0.05) is 18.8 Å². The molecule has 19 heavy (non-hydrogen) atoms. The quantitative estimate of drug-likeness (QED) is 0.834. The molecule has 1 fully saturated rings. The lowest BCUT2D eigenvalue weighted by atomic mass is 10.2. The van der Waals surface area contributed by atoms with Crippen molar-refractivity contribution in [2.24, 2.45) is 0 Å². The minimum atomic E-state index is -0.341. The molecule has 1 aliphatic rings. The van der Waals surface area contributed by atoms with Gasteiger partial charge in [0.1, 0.15) is 6.42 Å². The van der Waals surface area contributed by atoms with Gasteiger partial charge in [0.15, 0.2) is 0 Å². The number of carbonyl (C=O) groups excluding carboxylic acids is 2. The second-order valence-corrected chi connectivity index (χ2v) is 4.51. The Labute approximate surface area is 111 Å². The second-order valence-electron chi connectivity index (χ2n) is 4.51. The zero-order chi connectivity index (χ0) is 13.7. The Morgan fingerprint density at radius 2 is 2.05 bits per heavy atom. The topological polar surface area (TPSA) is 73.2 Å². The molecule has 1 aromatic carbocycles. The van der Waals surface area contributed by atoms with Gasteiger partial charge >= 0.3 is 0 Å². The summed E-state index contributed by atoms with van der Waals surface area (Å²) in [5.41, 5.74) is 1.02. The number of amides is 2. The van der Waals surface area contributed by atoms with Crippen LogP contribution in [0, 0.1) is 11.3 Å². The number of nitrogens with zero attached hydrogens (tertiary/aromatic N) is 2. The van der Waals surface area contributed by atoms with Crippen LogP contribution in [0.5, 0.6) is 0 Å². The summed E-state index contributed by atoms with van der Waals surface area (Å²) < 4.78 is 0. The second kappa shape index (κ2) is 6.01. The Kier molecular flexibility index (Phi) is 4.14. The molecule has 1 saturated heterocycles. The van der Waals surface area contributed by atoms with Gasteiger partial charge in [-0.1, -0.05) is 6.07 Å². The highest BCUT2D eigenvalue weighted by atomic mass is 16.2. The van der Waals surface area contributed by atoms with E-state index >= 15 is 0 Å². The average molecular weight is 257 g/mol. The van der Waals surface area contributed by atoms with E-state index in [9.17, 15) is 9.59 Å². The van der Waals surface area contributed by atoms with E-state index in [0.29, 0.717) is 11.3 Å². The molecule has 0 radical (unpaired) electrons. The first-order chi connectivity index (χ1) is 9.19. The predicted octanol–water partition coefficient (Wildman–Crippen LogP) is 1.51. The van der Waals surface area contributed by atoms with Gasteiger partial charge in [-0.3, -0.25) is 9.59 Å². The molecule has 0 unspecified atom stereocenters. The molecule has 2 rings (SSSR count). The molecule has 5 heteroatoms. The third-order valence-corrected chi connectivity index (χ3v) is 3.05. The molecule has 1 aromatic rings. The third kappa shape index (κ3) is 3.55. The van der Waals surface area contributed by atoms with Crippen LogP contribution in [0.3, 0.4) is 0 Å². The van der Waals surface area contributed by atoms with E-state index in [2.05, 4.69) is 5.32 Å². The first-order valence-corrected chi connectivity index (χ1v) is 6.27. The monoisotopic (exact) mass is 257 g/mol. The lowest BCUT2D eigenvalue weighted by molar-refractivity contribution is -0.133. The van der Waals surface area contributed by atoms with Gasteiger partial charge in [-0.2, -0.15) is 5.26 Å². The van der Waals surface area contributed by atoms with Crippen molar-refractivity contribution in [3.8, 4) is 6.07 Å². The van der Waals surface area contributed by atoms with Gasteiger partial charge in [0.05, 0.1) is 11.6 Å². The number of carbonyl (C=O) groups is 2. The fourth-order valence-electron chi connectivity index (χ4n) is 2.09. The summed E-state index contributed by atoms with van der Waals surface area (Å²) in [6.07, 6.45) is 1.88. The smallest absolute Gasteiger partial charge is 0.233 e. The minimum Gasteiger partial charge on any atom is -0.342 e. The van der Waals surface area contributed by atoms with Crippen molar-refractivity contribution in [1.29, 1.82) is 5.26 Å². The van der Waals surface area contributed by atoms with E-state index in [1.54, 1.807) is 29.2 Å². The predicted molar refractivity (Wildman–Crippen MR) is 70.2 cm³/mol. The van der Waals surface area contributed by atoms with Crippen LogP contribution < -0.4 is 5.32 Å². The highest BCUT2D eigenvalue weighted by Gasteiger charge is 2.20. The number of benzene rings is 1. The summed E-state index contributed by atoms with van der Waals surface area (Å²) in [5, 5.41) is 11.4. The van der Waals surface area contributed by atoms with E-state index in [1.165, 1.54) is 0 Å². The number of hydrogen-bond donors (Lipinski definition) is 1. The largest absolute Gasteiger partial charge is 0.342 e. The molecule has 98 valence electrons. The van der Waals surface area contributed by atoms with Gasteiger partial charge < -0.3 is 10.2 Å². The van der Waals surface area contributed by atoms with E-state index in [-0.39, 0.29) is 18.2 Å². The number of anilines is 1. The van der Waals surface area contributed by atoms with Crippen LogP contribution in [0.15, 0.2) is 24.3 Å². The van der Waals surface area contributed by atoms with Gasteiger partial charge in [-0.25, -0.2) is 0 Å². The molecular weight excluding hydrogens is 242 g/mol. The fourth-order valence-corrected chi connectivity index (χ4v) is 2.09. The molecule has 0 saturated carbocycles. The third-order valence-electron chi connectivity index (χ3n) is 3.05. The highest BCUT2D eigenvalue weighted by molar-refractivity contribution is 6.03. The Bertz CT molecular complexity index is 528. The van der Waals surface area contributed by atoms with Crippen molar-refractivity contribution in [2.45, 2.75) is 19.3 Å². The zero-order valence-corrected chi connectivity index (χ0v) is 10.6. The Hall–Kier alpha value is -2.35. The lowest BCUT2D eigenvalue weighted by Gasteiger charge is -2.14. The number of rotatable bonds is 3. The van der Waals surface area contributed by atoms with Crippen LogP contribution in [0.25, 0.3) is 0 Å². The summed E-state index contributed by atoms with van der Waals surface area (Å²) in [5.74, 6) is -0.474. The van der Waals surface area contributed by atoms with Crippen LogP contribution in [-0.2, 0) is 9.59 Å². The molecule has 2 amide bonds. The molecule has 5 nitrogen and oxygen atoms in total. The van der Waals surface area contributed by atoms with Gasteiger partial charge in [0.25, 0.3) is 0 Å². The molecule has 1 N–H and O–H groups in total. The van der Waals surface area contributed by atoms with Crippen molar-refractivity contribution >= 4 is 17.5 Å². The Morgan fingerprint density at radius 1 is 1.32 bits per heavy atom. The van der Waals surface area contributed by atoms with Crippen molar-refractivity contribution in [3.05, 3.63) is 29.8 Å². The summed E-state index contributed by atoms with van der Waals surface area (Å²) in [7, 11) is 0. The maximum absolute atomic E-state index is 11.8. The summed E-state index contributed by atoms with van der Waals surface area (Å²) in [4.78, 5) is 25.2. The fraction of sp³-hybridized carbons (Fsp3) is 0.357. The van der Waals surface area contributed by atoms with Crippen molar-refractivity contribution in [1.82, 2.24) is 4.90 Å². The SMILES string of the molecule is N#Cc1cccc(NC(=O)CC(=O)N2CCCC2)c1. The van der Waals surface area contributed by atoms with Crippen molar-refractivity contribution in [3.63, 3.8) is 0 Å². The van der Waals surface area contributed by atoms with Crippen LogP contribution >= 0.6 is 0 Å².